The molecule has 7 nitrogen and oxygen atoms in total. The molecule has 0 saturated heterocycles. The van der Waals surface area contributed by atoms with E-state index in [9.17, 15) is 9.59 Å². The van der Waals surface area contributed by atoms with Crippen LogP contribution < -0.4 is 20.3 Å². The SMILES string of the molecule is CCOCCOc1ccc(C(=O)NNC(=O)COc2ccccc2)cc1. The second-order valence-electron chi connectivity index (χ2n) is 5.17. The third-order valence-electron chi connectivity index (χ3n) is 3.25. The Bertz CT molecular complexity index is 689. The van der Waals surface area contributed by atoms with E-state index >= 15 is 0 Å². The Labute approximate surface area is 152 Å². The number of carbonyl (C=O) groups is 2. The van der Waals surface area contributed by atoms with Gasteiger partial charge in [-0.15, -0.1) is 0 Å². The van der Waals surface area contributed by atoms with Crippen molar-refractivity contribution in [1.29, 1.82) is 0 Å². The topological polar surface area (TPSA) is 85.9 Å². The molecule has 0 fully saturated rings. The maximum Gasteiger partial charge on any atom is 0.276 e. The first kappa shape index (κ1) is 19.3. The number of nitrogens with one attached hydrogen (secondary N) is 2. The Hall–Kier alpha value is -3.06. The van der Waals surface area contributed by atoms with Crippen molar-refractivity contribution < 1.29 is 23.8 Å². The lowest BCUT2D eigenvalue weighted by Gasteiger charge is -2.09. The molecule has 0 radical (unpaired) electrons. The summed E-state index contributed by atoms with van der Waals surface area (Å²) in [5, 5.41) is 0. The molecule has 0 aliphatic rings. The molecule has 138 valence electrons. The minimum atomic E-state index is -0.460. The lowest BCUT2D eigenvalue weighted by Crippen LogP contribution is -2.43. The molecular formula is C19H22N2O5. The summed E-state index contributed by atoms with van der Waals surface area (Å²) in [5.41, 5.74) is 5.03. The first-order chi connectivity index (χ1) is 12.7. The van der Waals surface area contributed by atoms with Gasteiger partial charge in [0.2, 0.25) is 0 Å². The van der Waals surface area contributed by atoms with Crippen LogP contribution in [-0.4, -0.2) is 38.2 Å². The number of carbonyl (C=O) groups excluding carboxylic acids is 2. The summed E-state index contributed by atoms with van der Waals surface area (Å²) >= 11 is 0. The van der Waals surface area contributed by atoms with Gasteiger partial charge in [0.05, 0.1) is 6.61 Å². The first-order valence-corrected chi connectivity index (χ1v) is 8.26. The van der Waals surface area contributed by atoms with E-state index in [-0.39, 0.29) is 6.61 Å². The van der Waals surface area contributed by atoms with Gasteiger partial charge in [-0.05, 0) is 43.3 Å². The van der Waals surface area contributed by atoms with Gasteiger partial charge >= 0.3 is 0 Å². The first-order valence-electron chi connectivity index (χ1n) is 8.26. The average Bonchev–Trinajstić information content (AvgIpc) is 2.69. The molecule has 0 heterocycles. The Balaban J connectivity index is 1.70. The number of hydrazine groups is 1. The van der Waals surface area contributed by atoms with Crippen molar-refractivity contribution in [2.75, 3.05) is 26.4 Å². The molecule has 2 aromatic rings. The lowest BCUT2D eigenvalue weighted by molar-refractivity contribution is -0.123. The van der Waals surface area contributed by atoms with Crippen LogP contribution in [-0.2, 0) is 9.53 Å². The summed E-state index contributed by atoms with van der Waals surface area (Å²) < 4.78 is 15.9. The molecule has 7 heteroatoms. The molecule has 2 amide bonds. The molecule has 0 spiro atoms. The fourth-order valence-electron chi connectivity index (χ4n) is 1.97. The van der Waals surface area contributed by atoms with Crippen molar-refractivity contribution >= 4 is 11.8 Å². The zero-order valence-corrected chi connectivity index (χ0v) is 14.6. The molecule has 0 aromatic heterocycles. The highest BCUT2D eigenvalue weighted by Crippen LogP contribution is 2.12. The third kappa shape index (κ3) is 6.82. The van der Waals surface area contributed by atoms with Crippen LogP contribution in [0.2, 0.25) is 0 Å². The van der Waals surface area contributed by atoms with E-state index in [4.69, 9.17) is 14.2 Å². The van der Waals surface area contributed by atoms with Gasteiger partial charge in [-0.3, -0.25) is 20.4 Å². The summed E-state index contributed by atoms with van der Waals surface area (Å²) in [6.07, 6.45) is 0. The van der Waals surface area contributed by atoms with Crippen LogP contribution in [0.3, 0.4) is 0 Å². The molecule has 2 aromatic carbocycles. The highest BCUT2D eigenvalue weighted by atomic mass is 16.5. The minimum absolute atomic E-state index is 0.198. The van der Waals surface area contributed by atoms with Gasteiger partial charge in [-0.1, -0.05) is 18.2 Å². The molecule has 0 bridgehead atoms. The Morgan fingerprint density at radius 1 is 0.846 bits per heavy atom. The molecule has 0 unspecified atom stereocenters. The molecule has 0 aliphatic heterocycles. The zero-order valence-electron chi connectivity index (χ0n) is 14.6. The van der Waals surface area contributed by atoms with Gasteiger partial charge in [0.15, 0.2) is 6.61 Å². The normalized spacial score (nSPS) is 10.0. The van der Waals surface area contributed by atoms with Gasteiger partial charge in [0.25, 0.3) is 11.8 Å². The maximum absolute atomic E-state index is 12.0. The van der Waals surface area contributed by atoms with Gasteiger partial charge in [-0.25, -0.2) is 0 Å². The molecule has 2 rings (SSSR count). The Morgan fingerprint density at radius 3 is 2.23 bits per heavy atom. The van der Waals surface area contributed by atoms with E-state index in [0.717, 1.165) is 0 Å². The van der Waals surface area contributed by atoms with Crippen molar-refractivity contribution in [3.8, 4) is 11.5 Å². The highest BCUT2D eigenvalue weighted by Gasteiger charge is 2.08. The predicted octanol–water partition coefficient (Wildman–Crippen LogP) is 1.94. The number of amides is 2. The Morgan fingerprint density at radius 2 is 1.54 bits per heavy atom. The number of hydrogen-bond acceptors (Lipinski definition) is 5. The lowest BCUT2D eigenvalue weighted by atomic mass is 10.2. The van der Waals surface area contributed by atoms with E-state index in [1.165, 1.54) is 0 Å². The smallest absolute Gasteiger partial charge is 0.276 e. The molecule has 2 N–H and O–H groups in total. The summed E-state index contributed by atoms with van der Waals surface area (Å²) in [5.74, 6) is 0.326. The highest BCUT2D eigenvalue weighted by molar-refractivity contribution is 5.95. The second-order valence-corrected chi connectivity index (χ2v) is 5.17. The molecular weight excluding hydrogens is 336 g/mol. The fourth-order valence-corrected chi connectivity index (χ4v) is 1.97. The number of rotatable bonds is 9. The van der Waals surface area contributed by atoms with Crippen molar-refractivity contribution in [3.05, 3.63) is 60.2 Å². The monoisotopic (exact) mass is 358 g/mol. The van der Waals surface area contributed by atoms with E-state index in [1.54, 1.807) is 48.5 Å². The quantitative estimate of drug-likeness (QED) is 0.529. The third-order valence-corrected chi connectivity index (χ3v) is 3.25. The predicted molar refractivity (Wildman–Crippen MR) is 96.0 cm³/mol. The van der Waals surface area contributed by atoms with Crippen molar-refractivity contribution in [2.24, 2.45) is 0 Å². The van der Waals surface area contributed by atoms with Crippen molar-refractivity contribution in [3.63, 3.8) is 0 Å². The van der Waals surface area contributed by atoms with E-state index in [0.29, 0.717) is 36.9 Å². The number of hydrogen-bond donors (Lipinski definition) is 2. The maximum atomic E-state index is 12.0. The van der Waals surface area contributed by atoms with Gasteiger partial charge in [0, 0.05) is 12.2 Å². The number of para-hydroxylation sites is 1. The van der Waals surface area contributed by atoms with E-state index in [1.807, 2.05) is 13.0 Å². The van der Waals surface area contributed by atoms with Gasteiger partial charge in [0.1, 0.15) is 18.1 Å². The van der Waals surface area contributed by atoms with Crippen LogP contribution in [0, 0.1) is 0 Å². The van der Waals surface area contributed by atoms with Gasteiger partial charge in [-0.2, -0.15) is 0 Å². The molecule has 0 saturated carbocycles. The van der Waals surface area contributed by atoms with Crippen LogP contribution in [0.4, 0.5) is 0 Å². The summed E-state index contributed by atoms with van der Waals surface area (Å²) in [6.45, 7) is 3.31. The van der Waals surface area contributed by atoms with E-state index < -0.39 is 11.8 Å². The fraction of sp³-hybridized carbons (Fsp3) is 0.263. The van der Waals surface area contributed by atoms with Crippen LogP contribution in [0.25, 0.3) is 0 Å². The summed E-state index contributed by atoms with van der Waals surface area (Å²) in [6, 6.07) is 15.5. The molecule has 0 atom stereocenters. The largest absolute Gasteiger partial charge is 0.491 e. The summed E-state index contributed by atoms with van der Waals surface area (Å²) in [4.78, 5) is 23.7. The second kappa shape index (κ2) is 10.7. The summed E-state index contributed by atoms with van der Waals surface area (Å²) in [7, 11) is 0. The number of ether oxygens (including phenoxy) is 3. The van der Waals surface area contributed by atoms with Crippen molar-refractivity contribution in [2.45, 2.75) is 6.92 Å². The Kier molecular flexibility index (Phi) is 7.95. The van der Waals surface area contributed by atoms with Crippen LogP contribution >= 0.6 is 0 Å². The molecule has 26 heavy (non-hydrogen) atoms. The standard InChI is InChI=1S/C19H22N2O5/c1-2-24-12-13-25-17-10-8-15(9-11-17)19(23)21-20-18(22)14-26-16-6-4-3-5-7-16/h3-11H,2,12-14H2,1H3,(H,20,22)(H,21,23). The van der Waals surface area contributed by atoms with Crippen LogP contribution in [0.1, 0.15) is 17.3 Å². The van der Waals surface area contributed by atoms with Crippen LogP contribution in [0.5, 0.6) is 11.5 Å². The van der Waals surface area contributed by atoms with Crippen LogP contribution in [0.15, 0.2) is 54.6 Å². The zero-order chi connectivity index (χ0) is 18.6. The molecule has 0 aliphatic carbocycles. The van der Waals surface area contributed by atoms with Crippen molar-refractivity contribution in [1.82, 2.24) is 10.9 Å². The number of benzene rings is 2. The minimum Gasteiger partial charge on any atom is -0.491 e. The van der Waals surface area contributed by atoms with Gasteiger partial charge < -0.3 is 14.2 Å². The average molecular weight is 358 g/mol. The van der Waals surface area contributed by atoms with E-state index in [2.05, 4.69) is 10.9 Å².